The first kappa shape index (κ1) is 19.7. The predicted molar refractivity (Wildman–Crippen MR) is 98.7 cm³/mol. The highest BCUT2D eigenvalue weighted by molar-refractivity contribution is 7.07. The van der Waals surface area contributed by atoms with E-state index in [1.54, 1.807) is 19.9 Å². The maximum atomic E-state index is 13.2. The number of ether oxygens (including phenoxy) is 1. The van der Waals surface area contributed by atoms with E-state index in [-0.39, 0.29) is 38.5 Å². The quantitative estimate of drug-likeness (QED) is 0.780. The number of esters is 1. The van der Waals surface area contributed by atoms with Crippen LogP contribution in [0.4, 0.5) is 10.1 Å². The Morgan fingerprint density at radius 2 is 2.23 bits per heavy atom. The molecule has 1 N–H and O–H groups in total. The molecule has 0 saturated heterocycles. The second-order valence-electron chi connectivity index (χ2n) is 4.95. The summed E-state index contributed by atoms with van der Waals surface area (Å²) in [6.07, 6.45) is 1.42. The highest BCUT2D eigenvalue weighted by atomic mass is 35.5. The summed E-state index contributed by atoms with van der Waals surface area (Å²) >= 11 is 6.71. The van der Waals surface area contributed by atoms with Crippen LogP contribution >= 0.6 is 22.9 Å². The molecular weight excluding hydrogens is 381 g/mol. The molecule has 0 bridgehead atoms. The van der Waals surface area contributed by atoms with Gasteiger partial charge in [0.25, 0.3) is 5.56 Å². The van der Waals surface area contributed by atoms with Crippen LogP contribution in [0, 0.1) is 17.1 Å². The molecule has 0 aliphatic heterocycles. The second-order valence-corrected chi connectivity index (χ2v) is 6.38. The number of nitriles is 1. The van der Waals surface area contributed by atoms with E-state index in [4.69, 9.17) is 16.3 Å². The van der Waals surface area contributed by atoms with Crippen molar-refractivity contribution in [3.8, 4) is 6.07 Å². The molecule has 136 valence electrons. The molecule has 0 aliphatic carbocycles. The first-order valence-corrected chi connectivity index (χ1v) is 8.85. The highest BCUT2D eigenvalue weighted by Gasteiger charge is 2.16. The number of carbonyl (C=O) groups is 1. The highest BCUT2D eigenvalue weighted by Crippen LogP contribution is 2.19. The Morgan fingerprint density at radius 3 is 2.81 bits per heavy atom. The van der Waals surface area contributed by atoms with Crippen LogP contribution in [0.3, 0.4) is 0 Å². The van der Waals surface area contributed by atoms with Crippen molar-refractivity contribution in [1.29, 1.82) is 5.26 Å². The number of hydrogen-bond acceptors (Lipinski definition) is 6. The van der Waals surface area contributed by atoms with Gasteiger partial charge in [-0.25, -0.2) is 9.18 Å². The summed E-state index contributed by atoms with van der Waals surface area (Å²) in [5.74, 6) is -1.32. The van der Waals surface area contributed by atoms with Crippen LogP contribution in [-0.2, 0) is 16.1 Å². The van der Waals surface area contributed by atoms with Gasteiger partial charge < -0.3 is 10.1 Å². The van der Waals surface area contributed by atoms with Crippen molar-refractivity contribution in [3.63, 3.8) is 0 Å². The molecule has 0 unspecified atom stereocenters. The van der Waals surface area contributed by atoms with Crippen LogP contribution < -0.4 is 20.1 Å². The molecule has 1 aromatic carbocycles. The topological polar surface area (TPSA) is 84.1 Å². The van der Waals surface area contributed by atoms with Crippen LogP contribution in [0.2, 0.25) is 5.02 Å². The monoisotopic (exact) mass is 395 g/mol. The van der Waals surface area contributed by atoms with Crippen molar-refractivity contribution < 1.29 is 13.9 Å². The second kappa shape index (κ2) is 8.65. The Balaban J connectivity index is 2.56. The van der Waals surface area contributed by atoms with Crippen molar-refractivity contribution >= 4 is 46.4 Å². The summed E-state index contributed by atoms with van der Waals surface area (Å²) in [7, 11) is 0. The summed E-state index contributed by atoms with van der Waals surface area (Å²) in [4.78, 5) is 24.5. The average molecular weight is 396 g/mol. The minimum atomic E-state index is -0.775. The van der Waals surface area contributed by atoms with Gasteiger partial charge in [0.15, 0.2) is 5.57 Å². The van der Waals surface area contributed by atoms with Crippen molar-refractivity contribution in [2.45, 2.75) is 20.4 Å². The Labute approximate surface area is 157 Å². The number of hydrogen-bond donors (Lipinski definition) is 1. The van der Waals surface area contributed by atoms with E-state index < -0.39 is 11.8 Å². The van der Waals surface area contributed by atoms with Gasteiger partial charge in [-0.2, -0.15) is 5.26 Å². The van der Waals surface area contributed by atoms with Crippen LogP contribution in [0.1, 0.15) is 13.8 Å². The molecule has 0 aliphatic rings. The number of benzene rings is 1. The minimum Gasteiger partial charge on any atom is -0.462 e. The van der Waals surface area contributed by atoms with E-state index in [1.165, 1.54) is 29.0 Å². The Hall–Kier alpha value is -2.63. The summed E-state index contributed by atoms with van der Waals surface area (Å²) in [6, 6.07) is 5.85. The lowest BCUT2D eigenvalue weighted by Gasteiger charge is -2.00. The SMILES string of the molecule is CCOC(=O)C(C#N)=c1sc(=CNc2ccc(F)c(Cl)c2)c(=O)n1CC. The molecule has 0 fully saturated rings. The Morgan fingerprint density at radius 1 is 1.50 bits per heavy atom. The molecule has 2 rings (SSSR count). The molecule has 0 saturated carbocycles. The summed E-state index contributed by atoms with van der Waals surface area (Å²) in [5.41, 5.74) is -0.0887. The molecule has 0 radical (unpaired) electrons. The fraction of sp³-hybridized carbons (Fsp3) is 0.235. The predicted octanol–water partition coefficient (Wildman–Crippen LogP) is 1.81. The van der Waals surface area contributed by atoms with Gasteiger partial charge in [0.05, 0.1) is 11.6 Å². The number of rotatable bonds is 5. The molecule has 9 heteroatoms. The van der Waals surface area contributed by atoms with Gasteiger partial charge in [0.1, 0.15) is 21.1 Å². The van der Waals surface area contributed by atoms with E-state index in [0.717, 1.165) is 11.3 Å². The van der Waals surface area contributed by atoms with E-state index in [2.05, 4.69) is 5.32 Å². The number of carbonyl (C=O) groups excluding carboxylic acids is 1. The Bertz CT molecular complexity index is 1050. The average Bonchev–Trinajstić information content (AvgIpc) is 2.92. The summed E-state index contributed by atoms with van der Waals surface area (Å²) < 4.78 is 19.9. The molecule has 0 spiro atoms. The number of thiazole rings is 1. The number of anilines is 1. The third kappa shape index (κ3) is 4.12. The smallest absolute Gasteiger partial charge is 0.351 e. The molecule has 0 amide bonds. The zero-order chi connectivity index (χ0) is 19.3. The molecule has 1 aromatic heterocycles. The largest absolute Gasteiger partial charge is 0.462 e. The number of aromatic nitrogens is 1. The maximum absolute atomic E-state index is 13.2. The standard InChI is InChI=1S/C17H15ClFN3O3S/c1-3-22-15(23)14(9-21-10-5-6-13(19)12(18)7-10)26-16(22)11(8-20)17(24)25-4-2/h5-7,9,21H,3-4H2,1-2H3. The van der Waals surface area contributed by atoms with Crippen LogP contribution in [0.15, 0.2) is 23.0 Å². The van der Waals surface area contributed by atoms with Gasteiger partial charge in [0.2, 0.25) is 0 Å². The zero-order valence-corrected chi connectivity index (χ0v) is 15.6. The summed E-state index contributed by atoms with van der Waals surface area (Å²) in [6.45, 7) is 3.77. The van der Waals surface area contributed by atoms with Crippen LogP contribution in [0.25, 0.3) is 11.8 Å². The first-order valence-electron chi connectivity index (χ1n) is 7.65. The molecule has 2 aromatic rings. The minimum absolute atomic E-state index is 0.0522. The van der Waals surface area contributed by atoms with Gasteiger partial charge in [-0.1, -0.05) is 11.6 Å². The van der Waals surface area contributed by atoms with Crippen molar-refractivity contribution in [3.05, 3.63) is 48.6 Å². The van der Waals surface area contributed by atoms with E-state index in [0.29, 0.717) is 5.69 Å². The van der Waals surface area contributed by atoms with Gasteiger partial charge in [0, 0.05) is 18.4 Å². The van der Waals surface area contributed by atoms with E-state index >= 15 is 0 Å². The zero-order valence-electron chi connectivity index (χ0n) is 14.0. The van der Waals surface area contributed by atoms with Crippen molar-refractivity contribution in [2.24, 2.45) is 0 Å². The van der Waals surface area contributed by atoms with Crippen LogP contribution in [-0.4, -0.2) is 17.1 Å². The number of nitrogens with one attached hydrogen (secondary N) is 1. The van der Waals surface area contributed by atoms with Gasteiger partial charge in [-0.15, -0.1) is 11.3 Å². The molecule has 26 heavy (non-hydrogen) atoms. The number of halogens is 2. The third-order valence-corrected chi connectivity index (χ3v) is 4.74. The summed E-state index contributed by atoms with van der Waals surface area (Å²) in [5, 5.41) is 12.1. The molecular formula is C17H15ClFN3O3S. The third-order valence-electron chi connectivity index (χ3n) is 3.32. The fourth-order valence-corrected chi connectivity index (χ4v) is 3.37. The van der Waals surface area contributed by atoms with E-state index in [1.807, 2.05) is 0 Å². The van der Waals surface area contributed by atoms with Crippen LogP contribution in [0.5, 0.6) is 0 Å². The van der Waals surface area contributed by atoms with E-state index in [9.17, 15) is 19.2 Å². The van der Waals surface area contributed by atoms with Crippen molar-refractivity contribution in [1.82, 2.24) is 4.57 Å². The lowest BCUT2D eigenvalue weighted by atomic mass is 10.3. The molecule has 0 atom stereocenters. The first-order chi connectivity index (χ1) is 12.4. The Kier molecular flexibility index (Phi) is 6.55. The fourth-order valence-electron chi connectivity index (χ4n) is 2.11. The maximum Gasteiger partial charge on any atom is 0.351 e. The normalized spacial score (nSPS) is 12.5. The van der Waals surface area contributed by atoms with Gasteiger partial charge in [-0.05, 0) is 32.0 Å². The van der Waals surface area contributed by atoms with Gasteiger partial charge in [-0.3, -0.25) is 9.36 Å². The van der Waals surface area contributed by atoms with Crippen molar-refractivity contribution in [2.75, 3.05) is 11.9 Å². The van der Waals surface area contributed by atoms with Gasteiger partial charge >= 0.3 is 5.97 Å². The molecule has 6 nitrogen and oxygen atoms in total. The molecule has 1 heterocycles. The lowest BCUT2D eigenvalue weighted by molar-refractivity contribution is -0.136. The number of nitrogens with zero attached hydrogens (tertiary/aromatic N) is 2. The lowest BCUT2D eigenvalue weighted by Crippen LogP contribution is -2.32.